The number of rotatable bonds is 8. The van der Waals surface area contributed by atoms with E-state index in [1.54, 1.807) is 12.1 Å². The summed E-state index contributed by atoms with van der Waals surface area (Å²) in [5.74, 6) is -0.809. The monoisotopic (exact) mass is 422 g/mol. The van der Waals surface area contributed by atoms with Crippen LogP contribution in [0, 0.1) is 19.7 Å². The summed E-state index contributed by atoms with van der Waals surface area (Å²) in [6.07, 6.45) is 0. The Morgan fingerprint density at radius 1 is 1.03 bits per heavy atom. The van der Waals surface area contributed by atoms with Crippen molar-refractivity contribution in [2.24, 2.45) is 0 Å². The highest BCUT2D eigenvalue weighted by atomic mass is 19.1. The van der Waals surface area contributed by atoms with E-state index >= 15 is 0 Å². The number of nitrogens with zero attached hydrogens (tertiary/aromatic N) is 3. The van der Waals surface area contributed by atoms with Crippen molar-refractivity contribution in [1.29, 1.82) is 0 Å². The molecule has 7 heteroatoms. The number of benzene rings is 2. The van der Waals surface area contributed by atoms with Gasteiger partial charge in [-0.15, -0.1) is 0 Å². The summed E-state index contributed by atoms with van der Waals surface area (Å²) in [5, 5.41) is 7.32. The molecule has 31 heavy (non-hydrogen) atoms. The maximum absolute atomic E-state index is 13.2. The third-order valence-electron chi connectivity index (χ3n) is 5.18. The summed E-state index contributed by atoms with van der Waals surface area (Å²) in [6, 6.07) is 15.9. The fourth-order valence-corrected chi connectivity index (χ4v) is 3.43. The van der Waals surface area contributed by atoms with Crippen molar-refractivity contribution in [2.75, 3.05) is 13.1 Å². The standard InChI is InChI=1S/C24H27FN4O2/c1-4-28(16-22(30)26-14-19-10-12-21(25)13-11-19)24(31)23-17(2)27-29(18(23)3)15-20-8-6-5-7-9-20/h5-13H,4,14-16H2,1-3H3,(H,26,30). The van der Waals surface area contributed by atoms with Crippen LogP contribution in [0.1, 0.15) is 39.8 Å². The van der Waals surface area contributed by atoms with E-state index in [1.165, 1.54) is 17.0 Å². The molecule has 0 spiro atoms. The first-order valence-corrected chi connectivity index (χ1v) is 10.3. The van der Waals surface area contributed by atoms with E-state index in [0.29, 0.717) is 24.3 Å². The Kier molecular flexibility index (Phi) is 7.18. The maximum Gasteiger partial charge on any atom is 0.258 e. The van der Waals surface area contributed by atoms with E-state index in [1.807, 2.05) is 55.8 Å². The van der Waals surface area contributed by atoms with Crippen LogP contribution in [0.3, 0.4) is 0 Å². The van der Waals surface area contributed by atoms with E-state index < -0.39 is 0 Å². The van der Waals surface area contributed by atoms with Gasteiger partial charge in [-0.05, 0) is 44.0 Å². The van der Waals surface area contributed by atoms with Crippen LogP contribution >= 0.6 is 0 Å². The van der Waals surface area contributed by atoms with Gasteiger partial charge in [0.05, 0.1) is 24.3 Å². The number of carbonyl (C=O) groups excluding carboxylic acids is 2. The van der Waals surface area contributed by atoms with E-state index in [-0.39, 0.29) is 30.7 Å². The number of aromatic nitrogens is 2. The second-order valence-electron chi connectivity index (χ2n) is 7.41. The van der Waals surface area contributed by atoms with Gasteiger partial charge in [0.1, 0.15) is 5.82 Å². The second-order valence-corrected chi connectivity index (χ2v) is 7.41. The molecule has 0 aliphatic carbocycles. The first kappa shape index (κ1) is 22.2. The minimum Gasteiger partial charge on any atom is -0.350 e. The Morgan fingerprint density at radius 2 is 1.71 bits per heavy atom. The fourth-order valence-electron chi connectivity index (χ4n) is 3.43. The molecule has 0 unspecified atom stereocenters. The molecule has 1 heterocycles. The van der Waals surface area contributed by atoms with E-state index in [2.05, 4.69) is 10.4 Å². The van der Waals surface area contributed by atoms with Crippen LogP contribution < -0.4 is 5.32 Å². The van der Waals surface area contributed by atoms with Crippen LogP contribution in [0.5, 0.6) is 0 Å². The van der Waals surface area contributed by atoms with E-state index in [0.717, 1.165) is 16.8 Å². The third kappa shape index (κ3) is 5.57. The highest BCUT2D eigenvalue weighted by molar-refractivity contribution is 5.98. The van der Waals surface area contributed by atoms with Crippen LogP contribution in [-0.2, 0) is 17.9 Å². The van der Waals surface area contributed by atoms with Crippen molar-refractivity contribution >= 4 is 11.8 Å². The lowest BCUT2D eigenvalue weighted by molar-refractivity contribution is -0.121. The zero-order valence-electron chi connectivity index (χ0n) is 18.1. The van der Waals surface area contributed by atoms with Crippen molar-refractivity contribution in [3.63, 3.8) is 0 Å². The van der Waals surface area contributed by atoms with Gasteiger partial charge in [-0.1, -0.05) is 42.5 Å². The molecule has 1 aromatic heterocycles. The lowest BCUT2D eigenvalue weighted by Crippen LogP contribution is -2.40. The minimum atomic E-state index is -0.323. The van der Waals surface area contributed by atoms with Gasteiger partial charge in [-0.2, -0.15) is 5.10 Å². The quantitative estimate of drug-likeness (QED) is 0.605. The number of nitrogens with one attached hydrogen (secondary N) is 1. The topological polar surface area (TPSA) is 67.2 Å². The summed E-state index contributed by atoms with van der Waals surface area (Å²) in [4.78, 5) is 27.1. The molecule has 0 atom stereocenters. The number of carbonyl (C=O) groups is 2. The average Bonchev–Trinajstić information content (AvgIpc) is 3.04. The lowest BCUT2D eigenvalue weighted by atomic mass is 10.1. The summed E-state index contributed by atoms with van der Waals surface area (Å²) < 4.78 is 14.8. The van der Waals surface area contributed by atoms with Gasteiger partial charge in [-0.25, -0.2) is 4.39 Å². The Bertz CT molecular complexity index is 1050. The molecule has 0 saturated heterocycles. The number of hydrogen-bond acceptors (Lipinski definition) is 3. The Morgan fingerprint density at radius 3 is 2.35 bits per heavy atom. The fraction of sp³-hybridized carbons (Fsp3) is 0.292. The number of aryl methyl sites for hydroxylation is 1. The molecular weight excluding hydrogens is 395 g/mol. The van der Waals surface area contributed by atoms with Gasteiger partial charge in [0.2, 0.25) is 5.91 Å². The molecule has 2 aromatic carbocycles. The molecule has 0 saturated carbocycles. The first-order valence-electron chi connectivity index (χ1n) is 10.3. The van der Waals surface area contributed by atoms with Crippen molar-refractivity contribution in [3.8, 4) is 0 Å². The van der Waals surface area contributed by atoms with Gasteiger partial charge in [0.25, 0.3) is 5.91 Å². The van der Waals surface area contributed by atoms with Crippen molar-refractivity contribution in [1.82, 2.24) is 20.0 Å². The van der Waals surface area contributed by atoms with Gasteiger partial charge in [-0.3, -0.25) is 14.3 Å². The molecule has 162 valence electrons. The summed E-state index contributed by atoms with van der Waals surface area (Å²) in [6.45, 7) is 6.71. The highest BCUT2D eigenvalue weighted by Gasteiger charge is 2.24. The Labute approximate surface area is 181 Å². The molecule has 0 bridgehead atoms. The van der Waals surface area contributed by atoms with E-state index in [4.69, 9.17) is 0 Å². The van der Waals surface area contributed by atoms with Gasteiger partial charge < -0.3 is 10.2 Å². The van der Waals surface area contributed by atoms with Gasteiger partial charge >= 0.3 is 0 Å². The molecule has 3 aromatic rings. The second kappa shape index (κ2) is 10.0. The summed E-state index contributed by atoms with van der Waals surface area (Å²) >= 11 is 0. The van der Waals surface area contributed by atoms with Crippen LogP contribution in [0.4, 0.5) is 4.39 Å². The number of halogens is 1. The third-order valence-corrected chi connectivity index (χ3v) is 5.18. The zero-order valence-corrected chi connectivity index (χ0v) is 18.1. The molecule has 0 radical (unpaired) electrons. The van der Waals surface area contributed by atoms with Crippen molar-refractivity contribution in [2.45, 2.75) is 33.9 Å². The smallest absolute Gasteiger partial charge is 0.258 e. The minimum absolute atomic E-state index is 0.0563. The number of amides is 2. The summed E-state index contributed by atoms with van der Waals surface area (Å²) in [5.41, 5.74) is 3.84. The molecule has 0 fully saturated rings. The van der Waals surface area contributed by atoms with Crippen molar-refractivity contribution < 1.29 is 14.0 Å². The highest BCUT2D eigenvalue weighted by Crippen LogP contribution is 2.17. The Balaban J connectivity index is 1.67. The van der Waals surface area contributed by atoms with Crippen molar-refractivity contribution in [3.05, 3.63) is 88.5 Å². The Hall–Kier alpha value is -3.48. The van der Waals surface area contributed by atoms with Crippen LogP contribution in [0.25, 0.3) is 0 Å². The molecule has 0 aliphatic heterocycles. The molecule has 6 nitrogen and oxygen atoms in total. The van der Waals surface area contributed by atoms with E-state index in [9.17, 15) is 14.0 Å². The largest absolute Gasteiger partial charge is 0.350 e. The number of hydrogen-bond donors (Lipinski definition) is 1. The van der Waals surface area contributed by atoms with Gasteiger partial charge in [0.15, 0.2) is 0 Å². The first-order chi connectivity index (χ1) is 14.9. The number of likely N-dealkylation sites (N-methyl/N-ethyl adjacent to an activating group) is 1. The SMILES string of the molecule is CCN(CC(=O)NCc1ccc(F)cc1)C(=O)c1c(C)nn(Cc2ccccc2)c1C. The predicted octanol–water partition coefficient (Wildman–Crippen LogP) is 3.47. The molecule has 0 aliphatic rings. The average molecular weight is 423 g/mol. The molecule has 3 rings (SSSR count). The zero-order chi connectivity index (χ0) is 22.4. The maximum atomic E-state index is 13.2. The van der Waals surface area contributed by atoms with Gasteiger partial charge in [0, 0.05) is 18.8 Å². The van der Waals surface area contributed by atoms with Crippen LogP contribution in [0.15, 0.2) is 54.6 Å². The molecule has 1 N–H and O–H groups in total. The predicted molar refractivity (Wildman–Crippen MR) is 117 cm³/mol. The molecule has 2 amide bonds. The summed E-state index contributed by atoms with van der Waals surface area (Å²) in [7, 11) is 0. The molecular formula is C24H27FN4O2. The normalized spacial score (nSPS) is 10.7. The lowest BCUT2D eigenvalue weighted by Gasteiger charge is -2.20. The van der Waals surface area contributed by atoms with Crippen LogP contribution in [-0.4, -0.2) is 39.6 Å². The van der Waals surface area contributed by atoms with Crippen LogP contribution in [0.2, 0.25) is 0 Å².